The standard InChI is InChI=1S/C10H12OS/c1-7-4-5-10(8(2)6-11)12-9(7)3/h4-6H,1-3H3/b10-8-. The van der Waals surface area contributed by atoms with Crippen LogP contribution in [-0.4, -0.2) is 6.29 Å². The molecule has 12 heavy (non-hydrogen) atoms. The highest BCUT2D eigenvalue weighted by molar-refractivity contribution is 8.07. The van der Waals surface area contributed by atoms with Crippen LogP contribution in [0.4, 0.5) is 0 Å². The fourth-order valence-corrected chi connectivity index (χ4v) is 1.77. The molecule has 1 aliphatic heterocycles. The molecule has 0 amide bonds. The minimum absolute atomic E-state index is 0.808. The smallest absolute Gasteiger partial charge is 0.146 e. The average molecular weight is 180 g/mol. The molecule has 0 spiro atoms. The first-order valence-corrected chi connectivity index (χ1v) is 4.66. The van der Waals surface area contributed by atoms with Crippen LogP contribution in [0, 0.1) is 0 Å². The molecule has 0 aliphatic carbocycles. The maximum atomic E-state index is 10.5. The molecule has 0 N–H and O–H groups in total. The van der Waals surface area contributed by atoms with Gasteiger partial charge in [-0.3, -0.25) is 4.79 Å². The third-order valence-corrected chi connectivity index (χ3v) is 3.17. The summed E-state index contributed by atoms with van der Waals surface area (Å²) in [5.41, 5.74) is 2.09. The Hall–Kier alpha value is -0.760. The molecule has 0 saturated heterocycles. The van der Waals surface area contributed by atoms with Crippen LogP contribution in [0.5, 0.6) is 0 Å². The Morgan fingerprint density at radius 2 is 2.08 bits per heavy atom. The molecule has 0 aromatic rings. The van der Waals surface area contributed by atoms with Crippen molar-refractivity contribution >= 4 is 18.0 Å². The van der Waals surface area contributed by atoms with Crippen LogP contribution in [0.25, 0.3) is 0 Å². The summed E-state index contributed by atoms with van der Waals surface area (Å²) in [5, 5.41) is 0. The molecule has 0 atom stereocenters. The maximum Gasteiger partial charge on any atom is 0.146 e. The van der Waals surface area contributed by atoms with Gasteiger partial charge in [0.05, 0.1) is 0 Å². The minimum atomic E-state index is 0.808. The van der Waals surface area contributed by atoms with Gasteiger partial charge in [0.2, 0.25) is 0 Å². The molecule has 1 heterocycles. The van der Waals surface area contributed by atoms with Crippen LogP contribution in [0.2, 0.25) is 0 Å². The van der Waals surface area contributed by atoms with Gasteiger partial charge in [0.15, 0.2) is 0 Å². The SMILES string of the molecule is CC1=C(C)S/C(=C(/C)C=O)C=C1. The molecule has 1 rings (SSSR count). The average Bonchev–Trinajstić information content (AvgIpc) is 2.08. The highest BCUT2D eigenvalue weighted by Gasteiger charge is 2.06. The van der Waals surface area contributed by atoms with Gasteiger partial charge >= 0.3 is 0 Å². The lowest BCUT2D eigenvalue weighted by molar-refractivity contribution is -0.104. The molecular weight excluding hydrogens is 168 g/mol. The van der Waals surface area contributed by atoms with Crippen molar-refractivity contribution in [1.82, 2.24) is 0 Å². The van der Waals surface area contributed by atoms with E-state index in [1.807, 2.05) is 19.1 Å². The fraction of sp³-hybridized carbons (Fsp3) is 0.300. The third kappa shape index (κ3) is 1.89. The second-order valence-corrected chi connectivity index (χ2v) is 4.10. The van der Waals surface area contributed by atoms with Crippen molar-refractivity contribution in [1.29, 1.82) is 0 Å². The molecule has 1 nitrogen and oxygen atoms in total. The molecule has 0 radical (unpaired) electrons. The minimum Gasteiger partial charge on any atom is -0.298 e. The zero-order valence-electron chi connectivity index (χ0n) is 7.55. The summed E-state index contributed by atoms with van der Waals surface area (Å²) in [5.74, 6) is 0. The third-order valence-electron chi connectivity index (χ3n) is 1.87. The summed E-state index contributed by atoms with van der Waals surface area (Å²) in [7, 11) is 0. The van der Waals surface area contributed by atoms with E-state index in [0.29, 0.717) is 0 Å². The Morgan fingerprint density at radius 3 is 2.58 bits per heavy atom. The van der Waals surface area contributed by atoms with Crippen LogP contribution >= 0.6 is 11.8 Å². The van der Waals surface area contributed by atoms with Crippen molar-refractivity contribution in [2.45, 2.75) is 20.8 Å². The van der Waals surface area contributed by atoms with Gasteiger partial charge in [0, 0.05) is 10.5 Å². The van der Waals surface area contributed by atoms with E-state index in [0.717, 1.165) is 16.8 Å². The van der Waals surface area contributed by atoms with Crippen molar-refractivity contribution in [2.75, 3.05) is 0 Å². The van der Waals surface area contributed by atoms with E-state index in [2.05, 4.69) is 13.8 Å². The summed E-state index contributed by atoms with van der Waals surface area (Å²) in [6.07, 6.45) is 4.95. The Kier molecular flexibility index (Phi) is 2.93. The normalized spacial score (nSPS) is 21.2. The van der Waals surface area contributed by atoms with E-state index in [-0.39, 0.29) is 0 Å². The van der Waals surface area contributed by atoms with Crippen LogP contribution in [-0.2, 0) is 4.79 Å². The lowest BCUT2D eigenvalue weighted by Crippen LogP contribution is -1.89. The van der Waals surface area contributed by atoms with E-state index in [1.54, 1.807) is 11.8 Å². The topological polar surface area (TPSA) is 17.1 Å². The van der Waals surface area contributed by atoms with Gasteiger partial charge in [0.25, 0.3) is 0 Å². The van der Waals surface area contributed by atoms with E-state index < -0.39 is 0 Å². The summed E-state index contributed by atoms with van der Waals surface area (Å²) in [6.45, 7) is 5.99. The van der Waals surface area contributed by atoms with Gasteiger partial charge in [-0.25, -0.2) is 0 Å². The van der Waals surface area contributed by atoms with E-state index in [1.165, 1.54) is 10.5 Å². The first-order chi connectivity index (χ1) is 5.65. The number of hydrogen-bond acceptors (Lipinski definition) is 2. The van der Waals surface area contributed by atoms with Crippen molar-refractivity contribution in [3.05, 3.63) is 33.1 Å². The van der Waals surface area contributed by atoms with Crippen molar-refractivity contribution in [3.8, 4) is 0 Å². The Morgan fingerprint density at radius 1 is 1.42 bits per heavy atom. The van der Waals surface area contributed by atoms with Crippen LogP contribution in [0.15, 0.2) is 33.1 Å². The second kappa shape index (κ2) is 3.76. The highest BCUT2D eigenvalue weighted by Crippen LogP contribution is 2.34. The van der Waals surface area contributed by atoms with E-state index >= 15 is 0 Å². The number of rotatable bonds is 1. The first kappa shape index (κ1) is 9.33. The van der Waals surface area contributed by atoms with Crippen molar-refractivity contribution < 1.29 is 4.79 Å². The number of allylic oxidation sites excluding steroid dienone is 5. The number of aldehydes is 1. The zero-order valence-corrected chi connectivity index (χ0v) is 8.37. The lowest BCUT2D eigenvalue weighted by Gasteiger charge is -2.11. The predicted octanol–water partition coefficient (Wildman–Crippen LogP) is 3.06. The monoisotopic (exact) mass is 180 g/mol. The fourth-order valence-electron chi connectivity index (χ4n) is 0.868. The van der Waals surface area contributed by atoms with E-state index in [4.69, 9.17) is 0 Å². The van der Waals surface area contributed by atoms with Gasteiger partial charge in [-0.2, -0.15) is 0 Å². The molecular formula is C10H12OS. The molecule has 2 heteroatoms. The lowest BCUT2D eigenvalue weighted by atomic mass is 10.2. The molecule has 1 aliphatic rings. The summed E-state index contributed by atoms with van der Waals surface area (Å²) in [6, 6.07) is 0. The molecule has 0 bridgehead atoms. The quantitative estimate of drug-likeness (QED) is 0.455. The number of hydrogen-bond donors (Lipinski definition) is 0. The van der Waals surface area contributed by atoms with Gasteiger partial charge < -0.3 is 0 Å². The van der Waals surface area contributed by atoms with Crippen LogP contribution < -0.4 is 0 Å². The second-order valence-electron chi connectivity index (χ2n) is 2.84. The largest absolute Gasteiger partial charge is 0.298 e. The van der Waals surface area contributed by atoms with Gasteiger partial charge in [-0.05, 0) is 37.3 Å². The molecule has 0 fully saturated rings. The predicted molar refractivity (Wildman–Crippen MR) is 53.9 cm³/mol. The molecule has 64 valence electrons. The molecule has 0 saturated carbocycles. The maximum absolute atomic E-state index is 10.5. The van der Waals surface area contributed by atoms with Gasteiger partial charge in [0.1, 0.15) is 6.29 Å². The number of carbonyl (C=O) groups is 1. The number of carbonyl (C=O) groups excluding carboxylic acids is 1. The highest BCUT2D eigenvalue weighted by atomic mass is 32.2. The molecule has 0 aromatic carbocycles. The molecule has 0 aromatic heterocycles. The van der Waals surface area contributed by atoms with Crippen molar-refractivity contribution in [2.24, 2.45) is 0 Å². The van der Waals surface area contributed by atoms with Gasteiger partial charge in [-0.1, -0.05) is 17.8 Å². The van der Waals surface area contributed by atoms with E-state index in [9.17, 15) is 4.79 Å². The Balaban J connectivity index is 2.96. The first-order valence-electron chi connectivity index (χ1n) is 3.84. The zero-order chi connectivity index (χ0) is 9.14. The summed E-state index contributed by atoms with van der Waals surface area (Å²) >= 11 is 1.67. The van der Waals surface area contributed by atoms with Crippen LogP contribution in [0.1, 0.15) is 20.8 Å². The Bertz CT molecular complexity index is 295. The number of thioether (sulfide) groups is 1. The van der Waals surface area contributed by atoms with Crippen LogP contribution in [0.3, 0.4) is 0 Å². The van der Waals surface area contributed by atoms with Gasteiger partial charge in [-0.15, -0.1) is 0 Å². The molecule has 0 unspecified atom stereocenters. The summed E-state index contributed by atoms with van der Waals surface area (Å²) < 4.78 is 0. The van der Waals surface area contributed by atoms with Crippen molar-refractivity contribution in [3.63, 3.8) is 0 Å². The summed E-state index contributed by atoms with van der Waals surface area (Å²) in [4.78, 5) is 12.8. The Labute approximate surface area is 77.2 Å².